The van der Waals surface area contributed by atoms with E-state index in [-0.39, 0.29) is 28.1 Å². The van der Waals surface area contributed by atoms with Crippen molar-refractivity contribution in [2.45, 2.75) is 12.7 Å². The lowest BCUT2D eigenvalue weighted by Crippen LogP contribution is -2.12. The van der Waals surface area contributed by atoms with E-state index in [1.54, 1.807) is 0 Å². The Morgan fingerprint density at radius 3 is 2.62 bits per heavy atom. The van der Waals surface area contributed by atoms with Gasteiger partial charge in [-0.25, -0.2) is 4.39 Å². The van der Waals surface area contributed by atoms with Gasteiger partial charge in [0, 0.05) is 5.02 Å². The quantitative estimate of drug-likeness (QED) is 0.503. The fourth-order valence-corrected chi connectivity index (χ4v) is 2.64. The summed E-state index contributed by atoms with van der Waals surface area (Å²) in [5.74, 6) is -0.749. The molecule has 0 spiro atoms. The molecule has 3 nitrogen and oxygen atoms in total. The molecule has 3 rings (SSSR count). The molecule has 0 amide bonds. The number of aldehydes is 1. The average Bonchev–Trinajstić information content (AvgIpc) is 2.92. The first-order valence-corrected chi connectivity index (χ1v) is 7.14. The molecule has 8 heteroatoms. The number of halogens is 5. The first-order valence-electron chi connectivity index (χ1n) is 6.76. The zero-order valence-electron chi connectivity index (χ0n) is 11.9. The summed E-state index contributed by atoms with van der Waals surface area (Å²) in [7, 11) is 0. The number of nitrogens with zero attached hydrogens (tertiary/aromatic N) is 2. The zero-order valence-corrected chi connectivity index (χ0v) is 12.7. The van der Waals surface area contributed by atoms with E-state index in [2.05, 4.69) is 5.10 Å². The van der Waals surface area contributed by atoms with Crippen molar-refractivity contribution in [1.29, 1.82) is 0 Å². The maximum atomic E-state index is 14.1. The molecule has 0 aliphatic carbocycles. The van der Waals surface area contributed by atoms with Crippen molar-refractivity contribution in [3.63, 3.8) is 0 Å². The van der Waals surface area contributed by atoms with Crippen LogP contribution >= 0.6 is 11.6 Å². The Kier molecular flexibility index (Phi) is 4.04. The van der Waals surface area contributed by atoms with E-state index in [1.807, 2.05) is 0 Å². The first-order chi connectivity index (χ1) is 11.3. The van der Waals surface area contributed by atoms with Crippen LogP contribution < -0.4 is 0 Å². The maximum absolute atomic E-state index is 14.1. The summed E-state index contributed by atoms with van der Waals surface area (Å²) < 4.78 is 54.7. The van der Waals surface area contributed by atoms with Crippen LogP contribution in [-0.2, 0) is 12.7 Å². The summed E-state index contributed by atoms with van der Waals surface area (Å²) in [6, 6.07) is 6.15. The highest BCUT2D eigenvalue weighted by atomic mass is 35.5. The van der Waals surface area contributed by atoms with Crippen molar-refractivity contribution >= 4 is 28.8 Å². The number of hydrogen-bond acceptors (Lipinski definition) is 2. The van der Waals surface area contributed by atoms with Crippen molar-refractivity contribution in [2.24, 2.45) is 0 Å². The van der Waals surface area contributed by atoms with Crippen molar-refractivity contribution in [3.05, 3.63) is 64.1 Å². The third-order valence-electron chi connectivity index (χ3n) is 3.62. The molecule has 0 N–H and O–H groups in total. The van der Waals surface area contributed by atoms with Crippen LogP contribution in [0.1, 0.15) is 21.5 Å². The van der Waals surface area contributed by atoms with E-state index in [0.29, 0.717) is 11.8 Å². The number of aromatic nitrogens is 2. The predicted octanol–water partition coefficient (Wildman–Crippen LogP) is 4.71. The van der Waals surface area contributed by atoms with E-state index in [4.69, 9.17) is 11.6 Å². The van der Waals surface area contributed by atoms with Crippen molar-refractivity contribution < 1.29 is 22.4 Å². The Bertz CT molecular complexity index is 934. The van der Waals surface area contributed by atoms with Gasteiger partial charge in [0.2, 0.25) is 0 Å². The van der Waals surface area contributed by atoms with Gasteiger partial charge in [-0.3, -0.25) is 9.48 Å². The molecular weight excluding hydrogens is 348 g/mol. The molecule has 3 aromatic rings. The molecule has 0 bridgehead atoms. The maximum Gasteiger partial charge on any atom is 0.416 e. The molecule has 1 heterocycles. The summed E-state index contributed by atoms with van der Waals surface area (Å²) in [5.41, 5.74) is -0.758. The minimum atomic E-state index is -4.57. The molecule has 0 aliphatic heterocycles. The van der Waals surface area contributed by atoms with Gasteiger partial charge in [-0.05, 0) is 29.8 Å². The SMILES string of the molecule is O=Cc1ccc2c(cnn2Cc2ccc(Cl)cc2C(F)(F)F)c1F. The summed E-state index contributed by atoms with van der Waals surface area (Å²) in [5, 5.41) is 3.97. The highest BCUT2D eigenvalue weighted by molar-refractivity contribution is 6.30. The first kappa shape index (κ1) is 16.4. The molecule has 0 saturated carbocycles. The minimum Gasteiger partial charge on any atom is -0.298 e. The topological polar surface area (TPSA) is 34.9 Å². The van der Waals surface area contributed by atoms with Gasteiger partial charge in [0.25, 0.3) is 0 Å². The third kappa shape index (κ3) is 2.87. The minimum absolute atomic E-state index is 0.0296. The Morgan fingerprint density at radius 2 is 1.96 bits per heavy atom. The third-order valence-corrected chi connectivity index (χ3v) is 3.85. The number of hydrogen-bond donors (Lipinski definition) is 0. The van der Waals surface area contributed by atoms with Gasteiger partial charge in [0.05, 0.1) is 34.8 Å². The van der Waals surface area contributed by atoms with E-state index in [1.165, 1.54) is 35.1 Å². The van der Waals surface area contributed by atoms with Crippen molar-refractivity contribution in [2.75, 3.05) is 0 Å². The summed E-state index contributed by atoms with van der Waals surface area (Å²) >= 11 is 5.65. The summed E-state index contributed by atoms with van der Waals surface area (Å²) in [6.45, 7) is -0.213. The molecule has 24 heavy (non-hydrogen) atoms. The largest absolute Gasteiger partial charge is 0.416 e. The summed E-state index contributed by atoms with van der Waals surface area (Å²) in [6.07, 6.45) is -3.02. The lowest BCUT2D eigenvalue weighted by Gasteiger charge is -2.14. The number of rotatable bonds is 3. The molecule has 124 valence electrons. The van der Waals surface area contributed by atoms with E-state index in [0.717, 1.165) is 6.07 Å². The lowest BCUT2D eigenvalue weighted by atomic mass is 10.1. The number of carbonyl (C=O) groups is 1. The second kappa shape index (κ2) is 5.90. The fourth-order valence-electron chi connectivity index (χ4n) is 2.47. The van der Waals surface area contributed by atoms with E-state index < -0.39 is 17.6 Å². The standard InChI is InChI=1S/C16H9ClF4N2O/c17-11-3-1-9(13(5-11)16(19,20)21)7-23-14-4-2-10(8-24)15(18)12(14)6-22-23/h1-6,8H,7H2. The zero-order chi connectivity index (χ0) is 17.5. The van der Waals surface area contributed by atoms with Gasteiger partial charge in [-0.15, -0.1) is 0 Å². The molecule has 0 atom stereocenters. The van der Waals surface area contributed by atoms with Gasteiger partial charge < -0.3 is 0 Å². The monoisotopic (exact) mass is 356 g/mol. The van der Waals surface area contributed by atoms with Gasteiger partial charge in [-0.1, -0.05) is 17.7 Å². The second-order valence-electron chi connectivity index (χ2n) is 5.12. The highest BCUT2D eigenvalue weighted by Crippen LogP contribution is 2.34. The highest BCUT2D eigenvalue weighted by Gasteiger charge is 2.33. The van der Waals surface area contributed by atoms with E-state index >= 15 is 0 Å². The normalized spacial score (nSPS) is 11.9. The Hall–Kier alpha value is -2.41. The fraction of sp³-hybridized carbons (Fsp3) is 0.125. The van der Waals surface area contributed by atoms with Crippen LogP contribution in [0.3, 0.4) is 0 Å². The molecule has 0 fully saturated rings. The van der Waals surface area contributed by atoms with Crippen LogP contribution in [-0.4, -0.2) is 16.1 Å². The number of alkyl halides is 3. The number of fused-ring (bicyclic) bond motifs is 1. The Morgan fingerprint density at radius 1 is 1.21 bits per heavy atom. The predicted molar refractivity (Wildman–Crippen MR) is 80.6 cm³/mol. The molecule has 0 aliphatic rings. The molecule has 1 aromatic heterocycles. The van der Waals surface area contributed by atoms with Gasteiger partial charge >= 0.3 is 6.18 Å². The molecular formula is C16H9ClF4N2O. The smallest absolute Gasteiger partial charge is 0.298 e. The average molecular weight is 357 g/mol. The Balaban J connectivity index is 2.09. The molecule has 0 saturated heterocycles. The number of benzene rings is 2. The van der Waals surface area contributed by atoms with Crippen molar-refractivity contribution in [1.82, 2.24) is 9.78 Å². The van der Waals surface area contributed by atoms with Crippen LogP contribution in [0.25, 0.3) is 10.9 Å². The summed E-state index contributed by atoms with van der Waals surface area (Å²) in [4.78, 5) is 10.8. The van der Waals surface area contributed by atoms with Crippen LogP contribution in [0.4, 0.5) is 17.6 Å². The van der Waals surface area contributed by atoms with Crippen LogP contribution in [0, 0.1) is 5.82 Å². The van der Waals surface area contributed by atoms with Crippen LogP contribution in [0.2, 0.25) is 5.02 Å². The molecule has 2 aromatic carbocycles. The Labute approximate surface area is 138 Å². The lowest BCUT2D eigenvalue weighted by molar-refractivity contribution is -0.138. The van der Waals surface area contributed by atoms with Crippen molar-refractivity contribution in [3.8, 4) is 0 Å². The molecule has 0 radical (unpaired) electrons. The van der Waals surface area contributed by atoms with Gasteiger partial charge in [0.1, 0.15) is 5.82 Å². The van der Waals surface area contributed by atoms with Crippen LogP contribution in [0.15, 0.2) is 36.5 Å². The molecule has 0 unspecified atom stereocenters. The van der Waals surface area contributed by atoms with Gasteiger partial charge in [0.15, 0.2) is 6.29 Å². The van der Waals surface area contributed by atoms with Gasteiger partial charge in [-0.2, -0.15) is 18.3 Å². The van der Waals surface area contributed by atoms with E-state index in [9.17, 15) is 22.4 Å². The van der Waals surface area contributed by atoms with Crippen LogP contribution in [0.5, 0.6) is 0 Å². The number of carbonyl (C=O) groups excluding carboxylic acids is 1. The second-order valence-corrected chi connectivity index (χ2v) is 5.56.